The van der Waals surface area contributed by atoms with Crippen molar-refractivity contribution in [2.24, 2.45) is 0 Å². The Morgan fingerprint density at radius 1 is 0.950 bits per heavy atom. The molecule has 0 aliphatic carbocycles. The van der Waals surface area contributed by atoms with Crippen molar-refractivity contribution < 1.29 is 22.7 Å². The molecule has 0 aliphatic rings. The van der Waals surface area contributed by atoms with Gasteiger partial charge in [0.2, 0.25) is 11.8 Å². The monoisotopic (exact) mass is 605 g/mol. The van der Waals surface area contributed by atoms with Gasteiger partial charge in [0.15, 0.2) is 0 Å². The third kappa shape index (κ3) is 7.90. The van der Waals surface area contributed by atoms with Crippen molar-refractivity contribution in [1.82, 2.24) is 10.2 Å². The Morgan fingerprint density at radius 3 is 2.20 bits per heavy atom. The summed E-state index contributed by atoms with van der Waals surface area (Å²) >= 11 is 12.4. The van der Waals surface area contributed by atoms with Gasteiger partial charge in [-0.25, -0.2) is 8.42 Å². The molecule has 2 amide bonds. The molecule has 0 heterocycles. The van der Waals surface area contributed by atoms with E-state index in [2.05, 4.69) is 5.32 Å². The highest BCUT2D eigenvalue weighted by Gasteiger charge is 2.33. The predicted molar refractivity (Wildman–Crippen MR) is 158 cm³/mol. The van der Waals surface area contributed by atoms with Crippen LogP contribution in [0, 0.1) is 0 Å². The fourth-order valence-corrected chi connectivity index (χ4v) is 5.88. The van der Waals surface area contributed by atoms with Crippen LogP contribution in [0.25, 0.3) is 0 Å². The Bertz CT molecular complexity index is 1420. The van der Waals surface area contributed by atoms with Gasteiger partial charge in [-0.2, -0.15) is 0 Å². The fourth-order valence-electron chi connectivity index (χ4n) is 3.95. The topological polar surface area (TPSA) is 96.0 Å². The van der Waals surface area contributed by atoms with E-state index in [0.29, 0.717) is 17.7 Å². The fraction of sp³-hybridized carbons (Fsp3) is 0.310. The van der Waals surface area contributed by atoms with Crippen molar-refractivity contribution in [3.05, 3.63) is 88.4 Å². The zero-order valence-electron chi connectivity index (χ0n) is 22.8. The van der Waals surface area contributed by atoms with E-state index in [-0.39, 0.29) is 39.1 Å². The van der Waals surface area contributed by atoms with E-state index in [1.54, 1.807) is 49.4 Å². The van der Waals surface area contributed by atoms with E-state index in [1.165, 1.54) is 42.3 Å². The van der Waals surface area contributed by atoms with Gasteiger partial charge in [0.1, 0.15) is 18.3 Å². The van der Waals surface area contributed by atoms with Crippen LogP contribution in [0.3, 0.4) is 0 Å². The number of hydrogen-bond acceptors (Lipinski definition) is 5. The number of ether oxygens (including phenoxy) is 1. The van der Waals surface area contributed by atoms with Gasteiger partial charge in [0.05, 0.1) is 17.7 Å². The minimum Gasteiger partial charge on any atom is -0.497 e. The number of methoxy groups -OCH3 is 1. The molecule has 3 aromatic rings. The number of sulfonamides is 1. The summed E-state index contributed by atoms with van der Waals surface area (Å²) in [6.45, 7) is 4.87. The number of halogens is 2. The molecule has 3 rings (SSSR count). The summed E-state index contributed by atoms with van der Waals surface area (Å²) in [5.41, 5.74) is 0.826. The SMILES string of the molecule is CC[C@H](C)NC(=O)[C@@H](C)N(Cc1cccc(OC)c1)C(=O)CN(c1cc(Cl)cc(Cl)c1)S(=O)(=O)c1ccccc1. The smallest absolute Gasteiger partial charge is 0.264 e. The van der Waals surface area contributed by atoms with E-state index in [1.807, 2.05) is 13.8 Å². The van der Waals surface area contributed by atoms with E-state index in [0.717, 1.165) is 4.31 Å². The van der Waals surface area contributed by atoms with Crippen molar-refractivity contribution in [3.8, 4) is 5.75 Å². The van der Waals surface area contributed by atoms with Crippen LogP contribution in [0.1, 0.15) is 32.8 Å². The van der Waals surface area contributed by atoms with Crippen molar-refractivity contribution in [2.75, 3.05) is 18.0 Å². The molecule has 2 atom stereocenters. The maximum absolute atomic E-state index is 14.0. The summed E-state index contributed by atoms with van der Waals surface area (Å²) in [4.78, 5) is 28.5. The molecule has 0 bridgehead atoms. The zero-order chi connectivity index (χ0) is 29.4. The van der Waals surface area contributed by atoms with Gasteiger partial charge in [-0.3, -0.25) is 13.9 Å². The lowest BCUT2D eigenvalue weighted by atomic mass is 10.1. The molecule has 3 aromatic carbocycles. The van der Waals surface area contributed by atoms with Crippen molar-refractivity contribution >= 4 is 50.7 Å². The van der Waals surface area contributed by atoms with Gasteiger partial charge in [0, 0.05) is 22.6 Å². The van der Waals surface area contributed by atoms with Crippen LogP contribution >= 0.6 is 23.2 Å². The average molecular weight is 607 g/mol. The van der Waals surface area contributed by atoms with E-state index >= 15 is 0 Å². The zero-order valence-corrected chi connectivity index (χ0v) is 25.1. The number of hydrogen-bond donors (Lipinski definition) is 1. The largest absolute Gasteiger partial charge is 0.497 e. The van der Waals surface area contributed by atoms with Crippen LogP contribution in [0.4, 0.5) is 5.69 Å². The molecule has 8 nitrogen and oxygen atoms in total. The van der Waals surface area contributed by atoms with Gasteiger partial charge in [-0.05, 0) is 68.3 Å². The molecule has 0 fully saturated rings. The minimum absolute atomic E-state index is 0.0131. The predicted octanol–water partition coefficient (Wildman–Crippen LogP) is 5.53. The number of benzene rings is 3. The Balaban J connectivity index is 2.05. The number of carbonyl (C=O) groups excluding carboxylic acids is 2. The molecular weight excluding hydrogens is 573 g/mol. The summed E-state index contributed by atoms with van der Waals surface area (Å²) in [6.07, 6.45) is 0.709. The second kappa shape index (κ2) is 13.9. The highest BCUT2D eigenvalue weighted by atomic mass is 35.5. The Kier molecular flexibility index (Phi) is 10.8. The Morgan fingerprint density at radius 2 is 1.60 bits per heavy atom. The van der Waals surface area contributed by atoms with Crippen LogP contribution in [0.15, 0.2) is 77.7 Å². The number of carbonyl (C=O) groups is 2. The first-order valence-electron chi connectivity index (χ1n) is 12.7. The van der Waals surface area contributed by atoms with E-state index in [9.17, 15) is 18.0 Å². The number of amides is 2. The lowest BCUT2D eigenvalue weighted by Crippen LogP contribution is -2.52. The molecule has 0 saturated carbocycles. The number of rotatable bonds is 12. The van der Waals surface area contributed by atoms with Gasteiger partial charge in [0.25, 0.3) is 10.0 Å². The highest BCUT2D eigenvalue weighted by Crippen LogP contribution is 2.30. The first-order chi connectivity index (χ1) is 19.0. The molecule has 0 aliphatic heterocycles. The Hall–Kier alpha value is -3.27. The van der Waals surface area contributed by atoms with Crippen molar-refractivity contribution in [1.29, 1.82) is 0 Å². The number of nitrogens with one attached hydrogen (secondary N) is 1. The standard InChI is InChI=1S/C29H33Cl2N3O5S/c1-5-20(2)32-29(36)21(3)33(18-22-10-9-11-26(14-22)39-4)28(35)19-34(25-16-23(30)15-24(31)17-25)40(37,38)27-12-7-6-8-13-27/h6-17,20-21H,5,18-19H2,1-4H3,(H,32,36)/t20-,21+/m0/s1. The Labute approximate surface area is 245 Å². The molecule has 0 spiro atoms. The first kappa shape index (κ1) is 31.3. The maximum Gasteiger partial charge on any atom is 0.264 e. The molecule has 0 saturated heterocycles. The quantitative estimate of drug-likeness (QED) is 0.293. The molecule has 0 radical (unpaired) electrons. The molecule has 0 unspecified atom stereocenters. The van der Waals surface area contributed by atoms with Crippen LogP contribution in [-0.2, 0) is 26.2 Å². The van der Waals surface area contributed by atoms with Crippen LogP contribution in [-0.4, -0.2) is 50.9 Å². The van der Waals surface area contributed by atoms with Gasteiger partial charge < -0.3 is 15.0 Å². The molecule has 1 N–H and O–H groups in total. The minimum atomic E-state index is -4.22. The van der Waals surface area contributed by atoms with Gasteiger partial charge in [-0.1, -0.05) is 60.5 Å². The molecule has 40 heavy (non-hydrogen) atoms. The molecule has 11 heteroatoms. The van der Waals surface area contributed by atoms with Crippen molar-refractivity contribution in [2.45, 2.75) is 50.7 Å². The summed E-state index contributed by atoms with van der Waals surface area (Å²) in [5.74, 6) is -0.359. The second-order valence-electron chi connectivity index (χ2n) is 9.32. The summed E-state index contributed by atoms with van der Waals surface area (Å²) in [6, 6.07) is 18.2. The molecule has 0 aromatic heterocycles. The van der Waals surface area contributed by atoms with E-state index < -0.39 is 28.5 Å². The number of nitrogens with zero attached hydrogens (tertiary/aromatic N) is 2. The highest BCUT2D eigenvalue weighted by molar-refractivity contribution is 7.92. The van der Waals surface area contributed by atoms with E-state index in [4.69, 9.17) is 27.9 Å². The van der Waals surface area contributed by atoms with Crippen molar-refractivity contribution in [3.63, 3.8) is 0 Å². The van der Waals surface area contributed by atoms with Gasteiger partial charge in [-0.15, -0.1) is 0 Å². The van der Waals surface area contributed by atoms with Crippen LogP contribution in [0.2, 0.25) is 10.0 Å². The third-order valence-corrected chi connectivity index (χ3v) is 8.63. The van der Waals surface area contributed by atoms with Crippen LogP contribution < -0.4 is 14.4 Å². The lowest BCUT2D eigenvalue weighted by molar-refractivity contribution is -0.139. The normalized spacial score (nSPS) is 12.8. The lowest BCUT2D eigenvalue weighted by Gasteiger charge is -2.32. The maximum atomic E-state index is 14.0. The number of anilines is 1. The molecule has 214 valence electrons. The third-order valence-electron chi connectivity index (χ3n) is 6.40. The van der Waals surface area contributed by atoms with Gasteiger partial charge >= 0.3 is 0 Å². The second-order valence-corrected chi connectivity index (χ2v) is 12.1. The average Bonchev–Trinajstić information content (AvgIpc) is 2.93. The summed E-state index contributed by atoms with van der Waals surface area (Å²) < 4.78 is 33.9. The summed E-state index contributed by atoms with van der Waals surface area (Å²) in [5, 5.41) is 3.32. The molecular formula is C29H33Cl2N3O5S. The first-order valence-corrected chi connectivity index (χ1v) is 14.9. The van der Waals surface area contributed by atoms with Crippen LogP contribution in [0.5, 0.6) is 5.75 Å². The summed E-state index contributed by atoms with van der Waals surface area (Å²) in [7, 11) is -2.69.